The topological polar surface area (TPSA) is 115 Å². The van der Waals surface area contributed by atoms with E-state index in [2.05, 4.69) is 234 Å². The van der Waals surface area contributed by atoms with E-state index in [0.29, 0.717) is 0 Å². The van der Waals surface area contributed by atoms with E-state index in [0.717, 1.165) is 96.0 Å². The Hall–Kier alpha value is -13.4. The van der Waals surface area contributed by atoms with Crippen molar-refractivity contribution in [1.82, 2.24) is 57.7 Å². The summed E-state index contributed by atoms with van der Waals surface area (Å²) in [6, 6.07) is 114. The van der Waals surface area contributed by atoms with Crippen LogP contribution in [0.3, 0.4) is 0 Å². The number of imidazole rings is 3. The monoisotopic (exact) mass is 1510 g/mol. The molecule has 0 bridgehead atoms. The van der Waals surface area contributed by atoms with Gasteiger partial charge in [0.15, 0.2) is 16.9 Å². The van der Waals surface area contributed by atoms with Gasteiger partial charge in [-0.2, -0.15) is 0 Å². The zero-order valence-corrected chi connectivity index (χ0v) is 57.5. The molecule has 0 saturated heterocycles. The van der Waals surface area contributed by atoms with Crippen LogP contribution in [0.25, 0.3) is 162 Å². The molecule has 1 radical (unpaired) electrons. The second kappa shape index (κ2) is 27.4. The molecule has 9 aromatic heterocycles. The maximum absolute atomic E-state index is 12.6. The first-order chi connectivity index (χ1) is 50.5. The summed E-state index contributed by atoms with van der Waals surface area (Å²) in [7, 11) is 0. The van der Waals surface area contributed by atoms with Crippen molar-refractivity contribution in [3.8, 4) is 85.0 Å². The van der Waals surface area contributed by atoms with E-state index in [1.165, 1.54) is 78.2 Å². The zero-order valence-electron chi connectivity index (χ0n) is 55.1. The predicted octanol–water partition coefficient (Wildman–Crippen LogP) is 21.1. The number of benzene rings is 11. The number of para-hydroxylation sites is 7. The van der Waals surface area contributed by atoms with Crippen molar-refractivity contribution >= 4 is 77.1 Å². The van der Waals surface area contributed by atoms with Gasteiger partial charge in [0.05, 0.1) is 22.1 Å². The first-order valence-corrected chi connectivity index (χ1v) is 33.6. The van der Waals surface area contributed by atoms with E-state index in [-0.39, 0.29) is 25.9 Å². The standard InChI is InChI=1S/C42H27N9.C36H24N2.C11H7FN.Ir/c1-4-13-31(14-5-1)49-37(46-34-19-10-22-43-40(34)49)28-25-29(38-47-35-20-11-23-44-41(35)50(38)32-15-6-2-7-16-32)27-30(26-28)39-48-36-21-12-24-45-42(36)51(39)33-17-8-3-9-18-33;1-5-13-33-29(9-1)30-10-2-6-14-34(30)37(33)27-21-17-25(18-22-27)26-19-23-28(24-20-26)38-35-15-7-3-11-31(35)32-12-4-8-16-36(32)38;12-10-6-4-9(5-7-10)11-3-1-2-8-13-11;/h1-27H;1-24H;1-4,6-8H;/q;;-1;. The van der Waals surface area contributed by atoms with Gasteiger partial charge in [-0.25, -0.2) is 29.9 Å². The van der Waals surface area contributed by atoms with Gasteiger partial charge < -0.3 is 14.1 Å². The smallest absolute Gasteiger partial charge is 0.164 e. The number of hydrogen-bond acceptors (Lipinski definition) is 7. The van der Waals surface area contributed by atoms with Crippen LogP contribution in [0, 0.1) is 11.9 Å². The molecule has 0 unspecified atom stereocenters. The van der Waals surface area contributed by atoms with Gasteiger partial charge in [0.25, 0.3) is 0 Å². The Balaban J connectivity index is 0.000000132. The van der Waals surface area contributed by atoms with Crippen molar-refractivity contribution < 1.29 is 24.5 Å². The van der Waals surface area contributed by atoms with Crippen molar-refractivity contribution in [2.24, 2.45) is 0 Å². The normalized spacial score (nSPS) is 11.3. The van der Waals surface area contributed by atoms with Gasteiger partial charge >= 0.3 is 0 Å². The first kappa shape index (κ1) is 63.1. The quantitative estimate of drug-likeness (QED) is 0.125. The SMILES string of the molecule is Fc1c[c-]c(-c2ccccn2)cc1.[Ir].c1ccc(-n2c(-c3cc(-c4nc5cccnc5n4-c4ccccc4)cc(-c4nc5cccnc5n4-c4ccccc4)c3)nc3cccnc32)cc1.c1ccc2c(c1)c1ccccc1n2-c1ccc(-c2ccc(-n3c4ccccc4c4ccccc43)cc2)cc1. The second-order valence-corrected chi connectivity index (χ2v) is 24.6. The van der Waals surface area contributed by atoms with Crippen LogP contribution in [0.15, 0.2) is 352 Å². The third-order valence-electron chi connectivity index (χ3n) is 18.5. The van der Waals surface area contributed by atoms with Crippen LogP contribution in [-0.4, -0.2) is 57.7 Å². The molecule has 0 aliphatic carbocycles. The summed E-state index contributed by atoms with van der Waals surface area (Å²) >= 11 is 0. The van der Waals surface area contributed by atoms with Crippen molar-refractivity contribution in [2.45, 2.75) is 0 Å². The summed E-state index contributed by atoms with van der Waals surface area (Å²) in [5.41, 5.74) is 21.5. The largest absolute Gasteiger partial charge is 0.309 e. The van der Waals surface area contributed by atoms with Crippen LogP contribution < -0.4 is 0 Å². The maximum Gasteiger partial charge on any atom is 0.164 e. The van der Waals surface area contributed by atoms with E-state index in [1.54, 1.807) is 30.9 Å². The Morgan fingerprint density at radius 2 is 0.583 bits per heavy atom. The average Bonchev–Trinajstić information content (AvgIpc) is 1.62. The minimum absolute atomic E-state index is 0. The summed E-state index contributed by atoms with van der Waals surface area (Å²) in [6.07, 6.45) is 7.12. The van der Waals surface area contributed by atoms with Crippen LogP contribution in [0.5, 0.6) is 0 Å². The van der Waals surface area contributed by atoms with Crippen LogP contribution in [-0.2, 0) is 20.1 Å². The Labute approximate surface area is 604 Å². The molecule has 0 N–H and O–H groups in total. The fraction of sp³-hybridized carbons (Fsp3) is 0. The first-order valence-electron chi connectivity index (χ1n) is 33.6. The van der Waals surface area contributed by atoms with Gasteiger partial charge in [-0.05, 0) is 162 Å². The fourth-order valence-corrected chi connectivity index (χ4v) is 13.9. The van der Waals surface area contributed by atoms with Crippen molar-refractivity contribution in [1.29, 1.82) is 0 Å². The van der Waals surface area contributed by atoms with Gasteiger partial charge in [0.2, 0.25) is 0 Å². The number of halogens is 1. The molecule has 14 heteroatoms. The van der Waals surface area contributed by atoms with E-state index >= 15 is 0 Å². The van der Waals surface area contributed by atoms with Crippen LogP contribution >= 0.6 is 0 Å². The van der Waals surface area contributed by atoms with Crippen LogP contribution in [0.2, 0.25) is 0 Å². The minimum Gasteiger partial charge on any atom is -0.309 e. The molecule has 0 aliphatic rings. The molecule has 0 spiro atoms. The van der Waals surface area contributed by atoms with Crippen molar-refractivity contribution in [3.63, 3.8) is 0 Å². The molecule has 20 rings (SSSR count). The summed E-state index contributed by atoms with van der Waals surface area (Å²) in [5.74, 6) is 1.97. The number of aromatic nitrogens is 12. The number of rotatable bonds is 10. The Morgan fingerprint density at radius 3 is 0.913 bits per heavy atom. The summed E-state index contributed by atoms with van der Waals surface area (Å²) in [4.78, 5) is 34.1. The van der Waals surface area contributed by atoms with Gasteiger partial charge in [-0.3, -0.25) is 18.1 Å². The summed E-state index contributed by atoms with van der Waals surface area (Å²) in [5, 5.41) is 5.14. The van der Waals surface area contributed by atoms with Gasteiger partial charge in [0, 0.05) is 117 Å². The van der Waals surface area contributed by atoms with E-state index in [1.807, 2.05) is 109 Å². The molecule has 0 fully saturated rings. The maximum atomic E-state index is 12.6. The molecular formula is C89H58FIrN12-. The van der Waals surface area contributed by atoms with Gasteiger partial charge in [-0.15, -0.1) is 29.8 Å². The molecule has 12 nitrogen and oxygen atoms in total. The molecule has 491 valence electrons. The van der Waals surface area contributed by atoms with Crippen LogP contribution in [0.1, 0.15) is 0 Å². The van der Waals surface area contributed by atoms with E-state index < -0.39 is 0 Å². The van der Waals surface area contributed by atoms with E-state index in [4.69, 9.17) is 29.9 Å². The Morgan fingerprint density at radius 1 is 0.262 bits per heavy atom. The molecule has 0 atom stereocenters. The minimum atomic E-state index is -0.278. The molecular weight excluding hydrogens is 1450 g/mol. The number of hydrogen-bond donors (Lipinski definition) is 0. The Bertz CT molecular complexity index is 5840. The average molecular weight is 1510 g/mol. The molecule has 11 aromatic carbocycles. The third-order valence-corrected chi connectivity index (χ3v) is 18.5. The Kier molecular flexibility index (Phi) is 16.8. The van der Waals surface area contributed by atoms with Crippen molar-refractivity contribution in [3.05, 3.63) is 364 Å². The zero-order chi connectivity index (χ0) is 67.9. The molecule has 0 amide bonds. The van der Waals surface area contributed by atoms with E-state index in [9.17, 15) is 4.39 Å². The second-order valence-electron chi connectivity index (χ2n) is 24.6. The number of fused-ring (bicyclic) bond motifs is 9. The number of nitrogens with zero attached hydrogens (tertiary/aromatic N) is 12. The molecule has 103 heavy (non-hydrogen) atoms. The summed E-state index contributed by atoms with van der Waals surface area (Å²) < 4.78 is 23.6. The molecule has 9 heterocycles. The van der Waals surface area contributed by atoms with Gasteiger partial charge in [0.1, 0.15) is 34.0 Å². The molecule has 20 aromatic rings. The fourth-order valence-electron chi connectivity index (χ4n) is 13.9. The third kappa shape index (κ3) is 11.8. The molecule has 0 aliphatic heterocycles. The number of pyridine rings is 4. The van der Waals surface area contributed by atoms with Gasteiger partial charge in [-0.1, -0.05) is 164 Å². The molecule has 0 saturated carbocycles. The predicted molar refractivity (Wildman–Crippen MR) is 409 cm³/mol. The summed E-state index contributed by atoms with van der Waals surface area (Å²) in [6.45, 7) is 0. The van der Waals surface area contributed by atoms with Crippen LogP contribution in [0.4, 0.5) is 4.39 Å². The van der Waals surface area contributed by atoms with Crippen molar-refractivity contribution in [2.75, 3.05) is 0 Å².